The summed E-state index contributed by atoms with van der Waals surface area (Å²) < 4.78 is 25.3. The highest BCUT2D eigenvalue weighted by molar-refractivity contribution is 7.89. The van der Waals surface area contributed by atoms with Crippen molar-refractivity contribution in [1.82, 2.24) is 4.31 Å². The van der Waals surface area contributed by atoms with Crippen molar-refractivity contribution in [3.05, 3.63) is 12.7 Å². The van der Waals surface area contributed by atoms with Gasteiger partial charge in [-0.15, -0.1) is 6.58 Å². The minimum absolute atomic E-state index is 0.213. The predicted molar refractivity (Wildman–Crippen MR) is 60.5 cm³/mol. The summed E-state index contributed by atoms with van der Waals surface area (Å²) in [5.74, 6) is -1.78. The molecule has 2 unspecified atom stereocenters. The van der Waals surface area contributed by atoms with Crippen LogP contribution in [0.1, 0.15) is 19.3 Å². The number of carbonyl (C=O) groups is 1. The quantitative estimate of drug-likeness (QED) is 0.725. The average Bonchev–Trinajstić information content (AvgIpc) is 2.66. The van der Waals surface area contributed by atoms with Crippen molar-refractivity contribution in [3.63, 3.8) is 0 Å². The third-order valence-corrected chi connectivity index (χ3v) is 5.32. The van der Waals surface area contributed by atoms with Gasteiger partial charge in [-0.2, -0.15) is 0 Å². The minimum atomic E-state index is -3.51. The molecule has 0 aromatic carbocycles. The summed E-state index contributed by atoms with van der Waals surface area (Å²) in [7, 11) is -2.06. The van der Waals surface area contributed by atoms with E-state index in [9.17, 15) is 13.2 Å². The Morgan fingerprint density at radius 1 is 1.56 bits per heavy atom. The molecule has 0 aromatic heterocycles. The lowest BCUT2D eigenvalue weighted by molar-refractivity contribution is -0.141. The van der Waals surface area contributed by atoms with Gasteiger partial charge in [-0.25, -0.2) is 12.7 Å². The maximum absolute atomic E-state index is 12.1. The maximum Gasteiger partial charge on any atom is 0.307 e. The number of rotatable bonds is 5. The van der Waals surface area contributed by atoms with Gasteiger partial charge in [0.05, 0.1) is 11.2 Å². The second-order valence-corrected chi connectivity index (χ2v) is 6.29. The van der Waals surface area contributed by atoms with Gasteiger partial charge in [-0.1, -0.05) is 12.5 Å². The first-order valence-electron chi connectivity index (χ1n) is 5.20. The molecule has 0 heterocycles. The third kappa shape index (κ3) is 2.44. The molecule has 5 nitrogen and oxygen atoms in total. The summed E-state index contributed by atoms with van der Waals surface area (Å²) in [5, 5.41) is 8.17. The van der Waals surface area contributed by atoms with Gasteiger partial charge in [0.15, 0.2) is 0 Å². The van der Waals surface area contributed by atoms with Crippen LogP contribution in [0.5, 0.6) is 0 Å². The van der Waals surface area contributed by atoms with E-state index in [4.69, 9.17) is 5.11 Å². The first-order valence-corrected chi connectivity index (χ1v) is 6.70. The maximum atomic E-state index is 12.1. The van der Waals surface area contributed by atoms with Crippen molar-refractivity contribution in [3.8, 4) is 0 Å². The number of hydrogen-bond acceptors (Lipinski definition) is 3. The molecule has 1 rings (SSSR count). The molecule has 0 saturated heterocycles. The zero-order valence-electron chi connectivity index (χ0n) is 9.30. The van der Waals surface area contributed by atoms with Crippen LogP contribution in [0.2, 0.25) is 0 Å². The van der Waals surface area contributed by atoms with Crippen LogP contribution in [0.15, 0.2) is 12.7 Å². The smallest absolute Gasteiger partial charge is 0.307 e. The molecule has 0 spiro atoms. The molecule has 0 bridgehead atoms. The van der Waals surface area contributed by atoms with Gasteiger partial charge < -0.3 is 5.11 Å². The van der Waals surface area contributed by atoms with Gasteiger partial charge in [0.25, 0.3) is 0 Å². The summed E-state index contributed by atoms with van der Waals surface area (Å²) >= 11 is 0. The lowest BCUT2D eigenvalue weighted by atomic mass is 10.1. The van der Waals surface area contributed by atoms with Crippen LogP contribution in [0.3, 0.4) is 0 Å². The summed E-state index contributed by atoms with van der Waals surface area (Å²) in [6, 6.07) is 0. The lowest BCUT2D eigenvalue weighted by Gasteiger charge is -2.22. The molecule has 0 radical (unpaired) electrons. The van der Waals surface area contributed by atoms with Crippen molar-refractivity contribution in [2.75, 3.05) is 13.6 Å². The molecular formula is C10H17NO4S. The molecule has 1 aliphatic rings. The van der Waals surface area contributed by atoms with Gasteiger partial charge in [0.1, 0.15) is 0 Å². The summed E-state index contributed by atoms with van der Waals surface area (Å²) in [4.78, 5) is 10.9. The van der Waals surface area contributed by atoms with E-state index in [0.717, 1.165) is 0 Å². The van der Waals surface area contributed by atoms with Crippen LogP contribution in [0.4, 0.5) is 0 Å². The van der Waals surface area contributed by atoms with Crippen LogP contribution in [0.25, 0.3) is 0 Å². The Morgan fingerprint density at radius 2 is 2.19 bits per heavy atom. The van der Waals surface area contributed by atoms with Crippen molar-refractivity contribution in [2.24, 2.45) is 5.92 Å². The van der Waals surface area contributed by atoms with E-state index in [0.29, 0.717) is 19.3 Å². The van der Waals surface area contributed by atoms with E-state index in [1.165, 1.54) is 17.4 Å². The standard InChI is InChI=1S/C10H17NO4S/c1-3-7-11(2)16(14,15)9-6-4-5-8(9)10(12)13/h3,8-9H,1,4-7H2,2H3,(H,12,13). The molecule has 16 heavy (non-hydrogen) atoms. The topological polar surface area (TPSA) is 74.7 Å². The van der Waals surface area contributed by atoms with Crippen LogP contribution < -0.4 is 0 Å². The molecule has 0 aromatic rings. The molecule has 0 aliphatic heterocycles. The van der Waals surface area contributed by atoms with E-state index >= 15 is 0 Å². The molecule has 1 fully saturated rings. The molecule has 6 heteroatoms. The van der Waals surface area contributed by atoms with E-state index < -0.39 is 27.2 Å². The van der Waals surface area contributed by atoms with Gasteiger partial charge in [-0.3, -0.25) is 4.79 Å². The van der Waals surface area contributed by atoms with Crippen LogP contribution in [0, 0.1) is 5.92 Å². The zero-order valence-corrected chi connectivity index (χ0v) is 10.1. The largest absolute Gasteiger partial charge is 0.481 e. The monoisotopic (exact) mass is 247 g/mol. The van der Waals surface area contributed by atoms with Crippen LogP contribution >= 0.6 is 0 Å². The van der Waals surface area contributed by atoms with Crippen LogP contribution in [-0.4, -0.2) is 42.6 Å². The number of carboxylic acid groups (broad SMARTS) is 1. The number of nitrogens with zero attached hydrogens (tertiary/aromatic N) is 1. The van der Waals surface area contributed by atoms with Gasteiger partial charge >= 0.3 is 5.97 Å². The SMILES string of the molecule is C=CCN(C)S(=O)(=O)C1CCCC1C(=O)O. The Bertz CT molecular complexity index is 376. The lowest BCUT2D eigenvalue weighted by Crippen LogP contribution is -2.40. The second-order valence-electron chi connectivity index (χ2n) is 4.03. The molecule has 2 atom stereocenters. The minimum Gasteiger partial charge on any atom is -0.481 e. The number of aliphatic carboxylic acids is 1. The van der Waals surface area contributed by atoms with E-state index in [2.05, 4.69) is 6.58 Å². The number of hydrogen-bond donors (Lipinski definition) is 1. The Morgan fingerprint density at radius 3 is 2.69 bits per heavy atom. The van der Waals surface area contributed by atoms with E-state index in [-0.39, 0.29) is 6.54 Å². The Kier molecular flexibility index (Phi) is 4.09. The summed E-state index contributed by atoms with van der Waals surface area (Å²) in [6.45, 7) is 3.69. The van der Waals surface area contributed by atoms with E-state index in [1.807, 2.05) is 0 Å². The normalized spacial score (nSPS) is 25.9. The summed E-state index contributed by atoms with van der Waals surface area (Å²) in [6.07, 6.45) is 3.02. The molecule has 92 valence electrons. The Hall–Kier alpha value is -0.880. The molecular weight excluding hydrogens is 230 g/mol. The fourth-order valence-corrected chi connectivity index (χ4v) is 3.99. The highest BCUT2D eigenvalue weighted by Gasteiger charge is 2.43. The predicted octanol–water partition coefficient (Wildman–Crippen LogP) is 0.687. The van der Waals surface area contributed by atoms with Crippen molar-refractivity contribution < 1.29 is 18.3 Å². The Labute approximate surface area is 95.8 Å². The summed E-state index contributed by atoms with van der Waals surface area (Å²) in [5.41, 5.74) is 0. The molecule has 1 N–H and O–H groups in total. The number of sulfonamides is 1. The molecule has 0 amide bonds. The van der Waals surface area contributed by atoms with Crippen LogP contribution in [-0.2, 0) is 14.8 Å². The first kappa shape index (κ1) is 13.2. The van der Waals surface area contributed by atoms with Gasteiger partial charge in [0.2, 0.25) is 10.0 Å². The molecule has 1 aliphatic carbocycles. The molecule has 1 saturated carbocycles. The first-order chi connectivity index (χ1) is 7.41. The number of likely N-dealkylation sites (N-methyl/N-ethyl adjacent to an activating group) is 1. The van der Waals surface area contributed by atoms with Gasteiger partial charge in [-0.05, 0) is 12.8 Å². The average molecular weight is 247 g/mol. The highest BCUT2D eigenvalue weighted by Crippen LogP contribution is 2.32. The Balaban J connectivity index is 2.90. The fourth-order valence-electron chi connectivity index (χ4n) is 2.08. The third-order valence-electron chi connectivity index (χ3n) is 2.97. The fraction of sp³-hybridized carbons (Fsp3) is 0.700. The zero-order chi connectivity index (χ0) is 12.3. The van der Waals surface area contributed by atoms with Crippen molar-refractivity contribution in [2.45, 2.75) is 24.5 Å². The van der Waals surface area contributed by atoms with Gasteiger partial charge in [0, 0.05) is 13.6 Å². The number of carboxylic acids is 1. The highest BCUT2D eigenvalue weighted by atomic mass is 32.2. The van der Waals surface area contributed by atoms with E-state index in [1.54, 1.807) is 0 Å². The van der Waals surface area contributed by atoms with Crippen molar-refractivity contribution >= 4 is 16.0 Å². The second kappa shape index (κ2) is 4.97. The van der Waals surface area contributed by atoms with Crippen molar-refractivity contribution in [1.29, 1.82) is 0 Å².